The van der Waals surface area contributed by atoms with E-state index in [0.29, 0.717) is 0 Å². The Labute approximate surface area is 77.6 Å². The first-order valence-electron chi connectivity index (χ1n) is 4.04. The molecular formula is C11H11NO. The average molecular weight is 173 g/mol. The monoisotopic (exact) mass is 173 g/mol. The molecule has 1 rings (SSSR count). The molecule has 0 aliphatic heterocycles. The van der Waals surface area contributed by atoms with Crippen LogP contribution < -0.4 is 0 Å². The van der Waals surface area contributed by atoms with Crippen molar-refractivity contribution < 1.29 is 4.79 Å². The highest BCUT2D eigenvalue weighted by Crippen LogP contribution is 2.00. The fourth-order valence-corrected chi connectivity index (χ4v) is 0.841. The Morgan fingerprint density at radius 3 is 2.62 bits per heavy atom. The molecule has 2 heteroatoms. The van der Waals surface area contributed by atoms with Gasteiger partial charge in [-0.15, -0.1) is 0 Å². The van der Waals surface area contributed by atoms with Crippen LogP contribution in [0.1, 0.15) is 12.5 Å². The molecule has 1 aromatic carbocycles. The van der Waals surface area contributed by atoms with E-state index < -0.39 is 0 Å². The van der Waals surface area contributed by atoms with Crippen molar-refractivity contribution in [2.24, 2.45) is 4.99 Å². The van der Waals surface area contributed by atoms with Gasteiger partial charge in [0, 0.05) is 13.1 Å². The van der Waals surface area contributed by atoms with Crippen LogP contribution in [-0.2, 0) is 4.79 Å². The van der Waals surface area contributed by atoms with Crippen LogP contribution in [-0.4, -0.2) is 12.0 Å². The van der Waals surface area contributed by atoms with Crippen molar-refractivity contribution in [1.29, 1.82) is 0 Å². The zero-order valence-corrected chi connectivity index (χ0v) is 7.47. The summed E-state index contributed by atoms with van der Waals surface area (Å²) < 4.78 is 0. The molecule has 0 amide bonds. The highest BCUT2D eigenvalue weighted by atomic mass is 16.1. The fraction of sp³-hybridized carbons (Fsp3) is 0.0909. The van der Waals surface area contributed by atoms with E-state index in [-0.39, 0.29) is 5.78 Å². The van der Waals surface area contributed by atoms with Crippen LogP contribution in [0.3, 0.4) is 0 Å². The number of carbonyl (C=O) groups excluding carboxylic acids is 1. The lowest BCUT2D eigenvalue weighted by molar-refractivity contribution is -0.110. The third kappa shape index (κ3) is 4.01. The van der Waals surface area contributed by atoms with Gasteiger partial charge in [0.1, 0.15) is 0 Å². The second kappa shape index (κ2) is 5.04. The second-order valence-electron chi connectivity index (χ2n) is 2.62. The number of carbonyl (C=O) groups is 1. The molecule has 0 atom stereocenters. The molecule has 0 aliphatic rings. The number of ketones is 1. The Bertz CT molecular complexity index is 325. The molecule has 13 heavy (non-hydrogen) atoms. The second-order valence-corrected chi connectivity index (χ2v) is 2.62. The number of rotatable bonds is 3. The van der Waals surface area contributed by atoms with Gasteiger partial charge in [0.15, 0.2) is 5.78 Å². The number of aliphatic imine (C=N–C) groups is 1. The summed E-state index contributed by atoms with van der Waals surface area (Å²) in [5, 5.41) is 0. The van der Waals surface area contributed by atoms with Crippen LogP contribution in [0.4, 0.5) is 0 Å². The first kappa shape index (κ1) is 9.39. The molecule has 2 nitrogen and oxygen atoms in total. The molecule has 0 unspecified atom stereocenters. The number of hydrogen-bond donors (Lipinski definition) is 0. The molecule has 0 fully saturated rings. The molecule has 0 aliphatic carbocycles. The van der Waals surface area contributed by atoms with E-state index in [0.717, 1.165) is 5.56 Å². The lowest BCUT2D eigenvalue weighted by Gasteiger charge is -1.87. The maximum Gasteiger partial charge on any atom is 0.170 e. The van der Waals surface area contributed by atoms with Crippen LogP contribution in [0, 0.1) is 0 Å². The summed E-state index contributed by atoms with van der Waals surface area (Å²) >= 11 is 0. The van der Waals surface area contributed by atoms with Crippen molar-refractivity contribution >= 4 is 18.1 Å². The lowest BCUT2D eigenvalue weighted by atomic mass is 10.2. The molecule has 0 bridgehead atoms. The van der Waals surface area contributed by atoms with Crippen LogP contribution in [0.25, 0.3) is 6.08 Å². The third-order valence-electron chi connectivity index (χ3n) is 1.41. The third-order valence-corrected chi connectivity index (χ3v) is 1.41. The molecule has 0 heterocycles. The summed E-state index contributed by atoms with van der Waals surface area (Å²) in [6.07, 6.45) is 4.75. The van der Waals surface area contributed by atoms with Gasteiger partial charge in [-0.2, -0.15) is 0 Å². The summed E-state index contributed by atoms with van der Waals surface area (Å²) in [5.41, 5.74) is 1.07. The van der Waals surface area contributed by atoms with Crippen molar-refractivity contribution in [3.63, 3.8) is 0 Å². The van der Waals surface area contributed by atoms with Gasteiger partial charge >= 0.3 is 0 Å². The molecule has 66 valence electrons. The number of benzene rings is 1. The fourth-order valence-electron chi connectivity index (χ4n) is 0.841. The topological polar surface area (TPSA) is 29.4 Å². The zero-order chi connectivity index (χ0) is 9.52. The minimum atomic E-state index is -0.0438. The summed E-state index contributed by atoms with van der Waals surface area (Å²) in [4.78, 5) is 14.3. The minimum absolute atomic E-state index is 0.0438. The highest BCUT2D eigenvalue weighted by Gasteiger charge is 1.81. The van der Waals surface area contributed by atoms with Crippen LogP contribution in [0.5, 0.6) is 0 Å². The molecular weight excluding hydrogens is 162 g/mol. The maximum absolute atomic E-state index is 10.5. The predicted molar refractivity (Wildman–Crippen MR) is 54.6 cm³/mol. The number of hydrogen-bond acceptors (Lipinski definition) is 2. The van der Waals surface area contributed by atoms with Crippen molar-refractivity contribution in [3.05, 3.63) is 42.1 Å². The first-order valence-corrected chi connectivity index (χ1v) is 4.04. The molecule has 0 spiro atoms. The van der Waals surface area contributed by atoms with Crippen LogP contribution >= 0.6 is 0 Å². The van der Waals surface area contributed by atoms with Crippen molar-refractivity contribution in [2.75, 3.05) is 0 Å². The van der Waals surface area contributed by atoms with Gasteiger partial charge in [0.05, 0.1) is 6.21 Å². The van der Waals surface area contributed by atoms with Crippen molar-refractivity contribution in [3.8, 4) is 0 Å². The lowest BCUT2D eigenvalue weighted by Crippen LogP contribution is -1.87. The van der Waals surface area contributed by atoms with Gasteiger partial charge in [-0.05, 0) is 11.6 Å². The van der Waals surface area contributed by atoms with E-state index in [9.17, 15) is 4.79 Å². The smallest absolute Gasteiger partial charge is 0.170 e. The molecule has 0 radical (unpaired) electrons. The zero-order valence-electron chi connectivity index (χ0n) is 7.47. The van der Waals surface area contributed by atoms with Gasteiger partial charge in [-0.3, -0.25) is 9.79 Å². The SMILES string of the molecule is CC(=O)C=NC=Cc1ccccc1. The Hall–Kier alpha value is -1.70. The maximum atomic E-state index is 10.5. The molecule has 0 saturated heterocycles. The Kier molecular flexibility index (Phi) is 3.64. The van der Waals surface area contributed by atoms with Crippen molar-refractivity contribution in [1.82, 2.24) is 0 Å². The van der Waals surface area contributed by atoms with Gasteiger partial charge in [-0.1, -0.05) is 30.3 Å². The molecule has 0 aromatic heterocycles. The summed E-state index contributed by atoms with van der Waals surface area (Å²) in [7, 11) is 0. The Morgan fingerprint density at radius 1 is 1.31 bits per heavy atom. The molecule has 1 aromatic rings. The van der Waals surface area contributed by atoms with E-state index in [4.69, 9.17) is 0 Å². The Balaban J connectivity index is 2.55. The largest absolute Gasteiger partial charge is 0.293 e. The van der Waals surface area contributed by atoms with E-state index in [1.165, 1.54) is 13.1 Å². The standard InChI is InChI=1S/C11H11NO/c1-10(13)9-12-8-7-11-5-3-2-4-6-11/h2-9H,1H3. The minimum Gasteiger partial charge on any atom is -0.293 e. The number of nitrogens with zero attached hydrogens (tertiary/aromatic N) is 1. The van der Waals surface area contributed by atoms with Gasteiger partial charge in [0.2, 0.25) is 0 Å². The van der Waals surface area contributed by atoms with Gasteiger partial charge in [0.25, 0.3) is 0 Å². The molecule has 0 N–H and O–H groups in total. The summed E-state index contributed by atoms with van der Waals surface area (Å²) in [6.45, 7) is 1.47. The molecule has 0 saturated carbocycles. The quantitative estimate of drug-likeness (QED) is 0.645. The average Bonchev–Trinajstić information content (AvgIpc) is 2.14. The first-order chi connectivity index (χ1) is 6.29. The van der Waals surface area contributed by atoms with E-state index >= 15 is 0 Å². The predicted octanol–water partition coefficient (Wildman–Crippen LogP) is 2.32. The van der Waals surface area contributed by atoms with Crippen LogP contribution in [0.15, 0.2) is 41.5 Å². The summed E-state index contributed by atoms with van der Waals surface area (Å²) in [5.74, 6) is -0.0438. The van der Waals surface area contributed by atoms with Gasteiger partial charge in [-0.25, -0.2) is 0 Å². The normalized spacial score (nSPS) is 11.2. The summed E-state index contributed by atoms with van der Waals surface area (Å²) in [6, 6.07) is 9.80. The van der Waals surface area contributed by atoms with Gasteiger partial charge < -0.3 is 0 Å². The highest BCUT2D eigenvalue weighted by molar-refractivity contribution is 6.26. The van der Waals surface area contributed by atoms with E-state index in [1.807, 2.05) is 36.4 Å². The van der Waals surface area contributed by atoms with Crippen LogP contribution in [0.2, 0.25) is 0 Å². The van der Waals surface area contributed by atoms with E-state index in [2.05, 4.69) is 4.99 Å². The van der Waals surface area contributed by atoms with Crippen molar-refractivity contribution in [2.45, 2.75) is 6.92 Å². The van der Waals surface area contributed by atoms with E-state index in [1.54, 1.807) is 6.20 Å². The number of Topliss-reactive ketones (excluding diaryl/α,β-unsaturated/α-hetero) is 1. The Morgan fingerprint density at radius 2 is 2.00 bits per heavy atom.